The summed E-state index contributed by atoms with van der Waals surface area (Å²) in [4.78, 5) is 11.0. The number of aliphatic hydroxyl groups excluding tert-OH is 1. The van der Waals surface area contributed by atoms with Crippen LogP contribution in [-0.2, 0) is 0 Å². The Balaban J connectivity index is 2.54. The van der Waals surface area contributed by atoms with E-state index >= 15 is 0 Å². The Labute approximate surface area is 112 Å². The summed E-state index contributed by atoms with van der Waals surface area (Å²) in [6.07, 6.45) is 1.78. The third-order valence-corrected chi connectivity index (χ3v) is 2.95. The number of carboxylic acids is 1. The van der Waals surface area contributed by atoms with Gasteiger partial charge in [-0.3, -0.25) is 0 Å². The Kier molecular flexibility index (Phi) is 5.95. The van der Waals surface area contributed by atoms with Gasteiger partial charge in [-0.1, -0.05) is 18.5 Å². The molecule has 0 spiro atoms. The van der Waals surface area contributed by atoms with Gasteiger partial charge in [0.1, 0.15) is 0 Å². The van der Waals surface area contributed by atoms with Gasteiger partial charge in [-0.05, 0) is 37.0 Å². The number of hydrogen-bond donors (Lipinski definition) is 3. The molecule has 1 aromatic rings. The summed E-state index contributed by atoms with van der Waals surface area (Å²) in [6.45, 7) is 2.83. The Morgan fingerprint density at radius 1 is 1.50 bits per heavy atom. The molecule has 0 aliphatic carbocycles. The summed E-state index contributed by atoms with van der Waals surface area (Å²) < 4.78 is 0. The van der Waals surface area contributed by atoms with Crippen molar-refractivity contribution in [3.8, 4) is 0 Å². The van der Waals surface area contributed by atoms with Gasteiger partial charge in [0.15, 0.2) is 0 Å². The molecule has 1 unspecified atom stereocenters. The summed E-state index contributed by atoms with van der Waals surface area (Å²) in [5.41, 5.74) is 0.751. The predicted octanol–water partition coefficient (Wildman–Crippen LogP) is 2.86. The van der Waals surface area contributed by atoms with Crippen LogP contribution in [0, 0.1) is 5.92 Å². The quantitative estimate of drug-likeness (QED) is 0.667. The van der Waals surface area contributed by atoms with Crippen LogP contribution in [0.5, 0.6) is 0 Å². The first-order valence-electron chi connectivity index (χ1n) is 5.92. The molecule has 0 amide bonds. The number of aliphatic hydroxyl groups is 1. The number of hydrogen-bond acceptors (Lipinski definition) is 3. The van der Waals surface area contributed by atoms with Crippen molar-refractivity contribution >= 4 is 23.3 Å². The fraction of sp³-hybridized carbons (Fsp3) is 0.462. The number of carboxylic acid groups (broad SMARTS) is 1. The molecule has 1 aromatic carbocycles. The van der Waals surface area contributed by atoms with Crippen LogP contribution < -0.4 is 5.32 Å². The predicted molar refractivity (Wildman–Crippen MR) is 72.4 cm³/mol. The summed E-state index contributed by atoms with van der Waals surface area (Å²) >= 11 is 5.76. The highest BCUT2D eigenvalue weighted by Crippen LogP contribution is 2.20. The highest BCUT2D eigenvalue weighted by Gasteiger charge is 2.10. The van der Waals surface area contributed by atoms with Crippen molar-refractivity contribution in [2.45, 2.75) is 19.8 Å². The van der Waals surface area contributed by atoms with Crippen LogP contribution in [0.2, 0.25) is 5.02 Å². The zero-order valence-electron chi connectivity index (χ0n) is 10.3. The van der Waals surface area contributed by atoms with Gasteiger partial charge in [0.05, 0.1) is 5.56 Å². The molecule has 0 heterocycles. The topological polar surface area (TPSA) is 69.6 Å². The Bertz CT molecular complexity index is 409. The molecule has 1 atom stereocenters. The Morgan fingerprint density at radius 3 is 2.83 bits per heavy atom. The standard InChI is InChI=1S/C13H18ClNO3/c1-9(8-16)3-2-6-15-12-5-4-10(14)7-11(12)13(17)18/h4-5,7,9,15-16H,2-3,6,8H2,1H3,(H,17,18). The van der Waals surface area contributed by atoms with Crippen molar-refractivity contribution in [3.63, 3.8) is 0 Å². The highest BCUT2D eigenvalue weighted by molar-refractivity contribution is 6.31. The van der Waals surface area contributed by atoms with Crippen molar-refractivity contribution in [2.75, 3.05) is 18.5 Å². The minimum absolute atomic E-state index is 0.178. The van der Waals surface area contributed by atoms with Crippen molar-refractivity contribution in [3.05, 3.63) is 28.8 Å². The molecule has 5 heteroatoms. The van der Waals surface area contributed by atoms with E-state index in [4.69, 9.17) is 21.8 Å². The molecule has 100 valence electrons. The van der Waals surface area contributed by atoms with Crippen LogP contribution in [0.1, 0.15) is 30.1 Å². The number of benzene rings is 1. The van der Waals surface area contributed by atoms with E-state index in [1.54, 1.807) is 12.1 Å². The molecule has 0 fully saturated rings. The zero-order chi connectivity index (χ0) is 13.5. The molecule has 0 bridgehead atoms. The van der Waals surface area contributed by atoms with E-state index in [-0.39, 0.29) is 18.1 Å². The van der Waals surface area contributed by atoms with Crippen LogP contribution >= 0.6 is 11.6 Å². The van der Waals surface area contributed by atoms with Crippen molar-refractivity contribution in [2.24, 2.45) is 5.92 Å². The molecular weight excluding hydrogens is 254 g/mol. The SMILES string of the molecule is CC(CO)CCCNc1ccc(Cl)cc1C(=O)O. The Morgan fingerprint density at radius 2 is 2.22 bits per heavy atom. The second-order valence-electron chi connectivity index (χ2n) is 4.35. The summed E-state index contributed by atoms with van der Waals surface area (Å²) in [7, 11) is 0. The van der Waals surface area contributed by atoms with E-state index < -0.39 is 5.97 Å². The summed E-state index contributed by atoms with van der Waals surface area (Å²) in [5, 5.41) is 21.4. The number of rotatable bonds is 7. The van der Waals surface area contributed by atoms with Gasteiger partial charge in [0, 0.05) is 23.9 Å². The van der Waals surface area contributed by atoms with Crippen LogP contribution in [0.4, 0.5) is 5.69 Å². The maximum atomic E-state index is 11.0. The van der Waals surface area contributed by atoms with Gasteiger partial charge < -0.3 is 15.5 Å². The van der Waals surface area contributed by atoms with E-state index in [0.29, 0.717) is 17.3 Å². The maximum absolute atomic E-state index is 11.0. The second-order valence-corrected chi connectivity index (χ2v) is 4.79. The van der Waals surface area contributed by atoms with Crippen LogP contribution in [0.25, 0.3) is 0 Å². The normalized spacial score (nSPS) is 12.2. The van der Waals surface area contributed by atoms with Crippen LogP contribution in [0.15, 0.2) is 18.2 Å². The van der Waals surface area contributed by atoms with Crippen LogP contribution in [0.3, 0.4) is 0 Å². The van der Waals surface area contributed by atoms with E-state index in [1.807, 2.05) is 6.92 Å². The van der Waals surface area contributed by atoms with Gasteiger partial charge >= 0.3 is 5.97 Å². The molecule has 0 saturated carbocycles. The third kappa shape index (κ3) is 4.55. The zero-order valence-corrected chi connectivity index (χ0v) is 11.1. The van der Waals surface area contributed by atoms with E-state index in [9.17, 15) is 4.79 Å². The third-order valence-electron chi connectivity index (χ3n) is 2.71. The van der Waals surface area contributed by atoms with Gasteiger partial charge in [-0.25, -0.2) is 4.79 Å². The molecule has 0 aliphatic heterocycles. The lowest BCUT2D eigenvalue weighted by molar-refractivity contribution is 0.0698. The molecule has 4 nitrogen and oxygen atoms in total. The molecule has 1 rings (SSSR count). The minimum Gasteiger partial charge on any atom is -0.478 e. The first-order chi connectivity index (χ1) is 8.54. The smallest absolute Gasteiger partial charge is 0.337 e. The average molecular weight is 272 g/mol. The number of nitrogens with one attached hydrogen (secondary N) is 1. The minimum atomic E-state index is -0.997. The van der Waals surface area contributed by atoms with E-state index in [2.05, 4.69) is 5.32 Å². The number of halogens is 1. The fourth-order valence-electron chi connectivity index (χ4n) is 1.61. The highest BCUT2D eigenvalue weighted by atomic mass is 35.5. The second kappa shape index (κ2) is 7.24. The van der Waals surface area contributed by atoms with Crippen molar-refractivity contribution in [1.82, 2.24) is 0 Å². The maximum Gasteiger partial charge on any atom is 0.337 e. The molecule has 0 aromatic heterocycles. The monoisotopic (exact) mass is 271 g/mol. The van der Waals surface area contributed by atoms with Gasteiger partial charge in [-0.15, -0.1) is 0 Å². The number of aromatic carboxylic acids is 1. The molecule has 3 N–H and O–H groups in total. The van der Waals surface area contributed by atoms with Crippen molar-refractivity contribution < 1.29 is 15.0 Å². The van der Waals surface area contributed by atoms with Gasteiger partial charge in [0.2, 0.25) is 0 Å². The fourth-order valence-corrected chi connectivity index (χ4v) is 1.78. The molecule has 0 saturated heterocycles. The largest absolute Gasteiger partial charge is 0.478 e. The molecule has 0 aliphatic rings. The summed E-state index contributed by atoms with van der Waals surface area (Å²) in [6, 6.07) is 4.76. The van der Waals surface area contributed by atoms with Gasteiger partial charge in [-0.2, -0.15) is 0 Å². The first-order valence-corrected chi connectivity index (χ1v) is 6.30. The number of carbonyl (C=O) groups is 1. The summed E-state index contributed by atoms with van der Waals surface area (Å²) in [5.74, 6) is -0.723. The molecular formula is C13H18ClNO3. The molecule has 0 radical (unpaired) electrons. The Hall–Kier alpha value is -1.26. The van der Waals surface area contributed by atoms with E-state index in [1.165, 1.54) is 6.07 Å². The van der Waals surface area contributed by atoms with Gasteiger partial charge in [0.25, 0.3) is 0 Å². The van der Waals surface area contributed by atoms with Crippen molar-refractivity contribution in [1.29, 1.82) is 0 Å². The molecule has 18 heavy (non-hydrogen) atoms. The lowest BCUT2D eigenvalue weighted by Gasteiger charge is -2.11. The van der Waals surface area contributed by atoms with Crippen LogP contribution in [-0.4, -0.2) is 29.3 Å². The van der Waals surface area contributed by atoms with E-state index in [0.717, 1.165) is 12.8 Å². The number of anilines is 1. The lowest BCUT2D eigenvalue weighted by atomic mass is 10.1. The average Bonchev–Trinajstić information content (AvgIpc) is 2.35. The first kappa shape index (κ1) is 14.8. The lowest BCUT2D eigenvalue weighted by Crippen LogP contribution is -2.09.